The molecule has 1 rings (SSSR count). The smallest absolute Gasteiger partial charge is 0.211 e. The summed E-state index contributed by atoms with van der Waals surface area (Å²) in [6, 6.07) is 6.92. The van der Waals surface area contributed by atoms with E-state index in [1.807, 2.05) is 0 Å². The van der Waals surface area contributed by atoms with Gasteiger partial charge in [-0.1, -0.05) is 12.1 Å². The van der Waals surface area contributed by atoms with Crippen molar-refractivity contribution >= 4 is 10.0 Å². The third-order valence-corrected chi connectivity index (χ3v) is 3.76. The fraction of sp³-hybridized carbons (Fsp3) is 0.455. The first-order valence-electron chi connectivity index (χ1n) is 5.08. The number of methoxy groups -OCH3 is 1. The third kappa shape index (κ3) is 3.99. The van der Waals surface area contributed by atoms with Gasteiger partial charge in [0.2, 0.25) is 10.0 Å². The molecule has 1 aromatic rings. The lowest BCUT2D eigenvalue weighted by Gasteiger charge is -2.19. The van der Waals surface area contributed by atoms with Crippen molar-refractivity contribution in [2.45, 2.75) is 6.10 Å². The van der Waals surface area contributed by atoms with Gasteiger partial charge in [0.15, 0.2) is 0 Å². The van der Waals surface area contributed by atoms with Gasteiger partial charge in [-0.25, -0.2) is 12.7 Å². The highest BCUT2D eigenvalue weighted by molar-refractivity contribution is 7.88. The lowest BCUT2D eigenvalue weighted by atomic mass is 10.1. The predicted octanol–water partition coefficient (Wildman–Crippen LogP) is 0.620. The predicted molar refractivity (Wildman–Crippen MR) is 65.4 cm³/mol. The van der Waals surface area contributed by atoms with Crippen molar-refractivity contribution < 1.29 is 18.3 Å². The largest absolute Gasteiger partial charge is 0.497 e. The Morgan fingerprint density at radius 1 is 1.47 bits per heavy atom. The summed E-state index contributed by atoms with van der Waals surface area (Å²) in [5.41, 5.74) is 0.625. The molecule has 1 atom stereocenters. The summed E-state index contributed by atoms with van der Waals surface area (Å²) in [4.78, 5) is 0. The first kappa shape index (κ1) is 14.0. The molecule has 96 valence electrons. The number of nitrogens with zero attached hydrogens (tertiary/aromatic N) is 1. The molecule has 1 unspecified atom stereocenters. The monoisotopic (exact) mass is 259 g/mol. The number of ether oxygens (including phenoxy) is 1. The van der Waals surface area contributed by atoms with E-state index < -0.39 is 16.1 Å². The van der Waals surface area contributed by atoms with E-state index in [9.17, 15) is 13.5 Å². The van der Waals surface area contributed by atoms with Gasteiger partial charge >= 0.3 is 0 Å². The highest BCUT2D eigenvalue weighted by atomic mass is 32.2. The van der Waals surface area contributed by atoms with Crippen LogP contribution in [0.3, 0.4) is 0 Å². The second-order valence-electron chi connectivity index (χ2n) is 3.84. The molecule has 0 radical (unpaired) electrons. The van der Waals surface area contributed by atoms with Gasteiger partial charge in [-0.2, -0.15) is 0 Å². The van der Waals surface area contributed by atoms with E-state index in [1.165, 1.54) is 14.2 Å². The average Bonchev–Trinajstić information content (AvgIpc) is 2.27. The molecule has 1 N–H and O–H groups in total. The van der Waals surface area contributed by atoms with E-state index in [4.69, 9.17) is 4.74 Å². The molecule has 0 fully saturated rings. The maximum absolute atomic E-state index is 11.2. The van der Waals surface area contributed by atoms with Crippen LogP contribution in [0.15, 0.2) is 24.3 Å². The molecule has 5 nitrogen and oxygen atoms in total. The van der Waals surface area contributed by atoms with Gasteiger partial charge in [0.25, 0.3) is 0 Å². The number of hydrogen-bond donors (Lipinski definition) is 1. The number of sulfonamides is 1. The van der Waals surface area contributed by atoms with Gasteiger partial charge in [0.05, 0.1) is 19.5 Å². The zero-order valence-corrected chi connectivity index (χ0v) is 10.9. The minimum absolute atomic E-state index is 0.0198. The molecule has 0 aliphatic rings. The Morgan fingerprint density at radius 3 is 2.65 bits per heavy atom. The molecular weight excluding hydrogens is 242 g/mol. The Kier molecular flexibility index (Phi) is 4.50. The van der Waals surface area contributed by atoms with E-state index in [1.54, 1.807) is 24.3 Å². The molecule has 0 bridgehead atoms. The summed E-state index contributed by atoms with van der Waals surface area (Å²) in [5.74, 6) is 0.628. The van der Waals surface area contributed by atoms with E-state index in [0.29, 0.717) is 11.3 Å². The van der Waals surface area contributed by atoms with Crippen LogP contribution < -0.4 is 4.74 Å². The standard InChI is InChI=1S/C11H17NO4S/c1-12(17(3,14)15)8-11(13)9-5-4-6-10(7-9)16-2/h4-7,11,13H,8H2,1-3H3. The topological polar surface area (TPSA) is 66.8 Å². The van der Waals surface area contributed by atoms with E-state index >= 15 is 0 Å². The number of rotatable bonds is 5. The first-order chi connectivity index (χ1) is 7.84. The zero-order chi connectivity index (χ0) is 13.1. The number of benzene rings is 1. The molecule has 1 aromatic carbocycles. The van der Waals surface area contributed by atoms with Crippen LogP contribution >= 0.6 is 0 Å². The maximum atomic E-state index is 11.2. The second kappa shape index (κ2) is 5.48. The minimum Gasteiger partial charge on any atom is -0.497 e. The Morgan fingerprint density at radius 2 is 2.12 bits per heavy atom. The van der Waals surface area contributed by atoms with Gasteiger partial charge in [0.1, 0.15) is 5.75 Å². The van der Waals surface area contributed by atoms with Crippen LogP contribution in [0.4, 0.5) is 0 Å². The summed E-state index contributed by atoms with van der Waals surface area (Å²) in [5, 5.41) is 9.91. The Balaban J connectivity index is 2.79. The van der Waals surface area contributed by atoms with E-state index in [0.717, 1.165) is 10.6 Å². The average molecular weight is 259 g/mol. The third-order valence-electron chi connectivity index (χ3n) is 2.47. The molecule has 0 spiro atoms. The van der Waals surface area contributed by atoms with Crippen molar-refractivity contribution in [3.63, 3.8) is 0 Å². The number of aliphatic hydroxyl groups is 1. The molecule has 6 heteroatoms. The van der Waals surface area contributed by atoms with Gasteiger partial charge in [-0.3, -0.25) is 0 Å². The van der Waals surface area contributed by atoms with Gasteiger partial charge in [-0.05, 0) is 17.7 Å². The zero-order valence-electron chi connectivity index (χ0n) is 10.1. The molecular formula is C11H17NO4S. The fourth-order valence-corrected chi connectivity index (χ4v) is 1.75. The van der Waals surface area contributed by atoms with Crippen LogP contribution in [-0.4, -0.2) is 44.8 Å². The highest BCUT2D eigenvalue weighted by Gasteiger charge is 2.17. The van der Waals surface area contributed by atoms with Crippen LogP contribution in [0.1, 0.15) is 11.7 Å². The SMILES string of the molecule is COc1cccc(C(O)CN(C)S(C)(=O)=O)c1. The number of aliphatic hydroxyl groups excluding tert-OH is 1. The highest BCUT2D eigenvalue weighted by Crippen LogP contribution is 2.20. The molecule has 0 saturated carbocycles. The maximum Gasteiger partial charge on any atom is 0.211 e. The van der Waals surface area contributed by atoms with E-state index in [2.05, 4.69) is 0 Å². The van der Waals surface area contributed by atoms with Crippen LogP contribution in [0.25, 0.3) is 0 Å². The minimum atomic E-state index is -3.28. The molecule has 0 aliphatic heterocycles. The van der Waals surface area contributed by atoms with Gasteiger partial charge < -0.3 is 9.84 Å². The van der Waals surface area contributed by atoms with Crippen LogP contribution in [-0.2, 0) is 10.0 Å². The lowest BCUT2D eigenvalue weighted by Crippen LogP contribution is -2.30. The molecule has 17 heavy (non-hydrogen) atoms. The Bertz CT molecular complexity index is 472. The lowest BCUT2D eigenvalue weighted by molar-refractivity contribution is 0.155. The van der Waals surface area contributed by atoms with Gasteiger partial charge in [0, 0.05) is 13.6 Å². The van der Waals surface area contributed by atoms with Crippen LogP contribution in [0.5, 0.6) is 5.75 Å². The summed E-state index contributed by atoms with van der Waals surface area (Å²) in [6.45, 7) is 0.0198. The molecule has 0 amide bonds. The van der Waals surface area contributed by atoms with Crippen molar-refractivity contribution in [3.8, 4) is 5.75 Å². The van der Waals surface area contributed by atoms with Gasteiger partial charge in [-0.15, -0.1) is 0 Å². The molecule has 0 aromatic heterocycles. The van der Waals surface area contributed by atoms with Crippen LogP contribution in [0.2, 0.25) is 0 Å². The van der Waals surface area contributed by atoms with E-state index in [-0.39, 0.29) is 6.54 Å². The summed E-state index contributed by atoms with van der Waals surface area (Å²) in [7, 11) is -0.314. The quantitative estimate of drug-likeness (QED) is 0.842. The van der Waals surface area contributed by atoms with Crippen molar-refractivity contribution in [3.05, 3.63) is 29.8 Å². The summed E-state index contributed by atoms with van der Waals surface area (Å²) in [6.07, 6.45) is 0.232. The van der Waals surface area contributed by atoms with Crippen LogP contribution in [0, 0.1) is 0 Å². The van der Waals surface area contributed by atoms with Crippen molar-refractivity contribution in [2.75, 3.05) is 27.0 Å². The summed E-state index contributed by atoms with van der Waals surface area (Å²) < 4.78 is 28.6. The number of hydrogen-bond acceptors (Lipinski definition) is 4. The Labute approximate surface area is 102 Å². The summed E-state index contributed by atoms with van der Waals surface area (Å²) >= 11 is 0. The first-order valence-corrected chi connectivity index (χ1v) is 6.92. The fourth-order valence-electron chi connectivity index (χ4n) is 1.33. The molecule has 0 saturated heterocycles. The molecule has 0 aliphatic carbocycles. The normalized spacial score (nSPS) is 13.7. The Hall–Kier alpha value is -1.11. The number of likely N-dealkylation sites (N-methyl/N-ethyl adjacent to an activating group) is 1. The van der Waals surface area contributed by atoms with Crippen molar-refractivity contribution in [1.82, 2.24) is 4.31 Å². The van der Waals surface area contributed by atoms with Crippen molar-refractivity contribution in [2.24, 2.45) is 0 Å². The molecule has 0 heterocycles. The van der Waals surface area contributed by atoms with Crippen molar-refractivity contribution in [1.29, 1.82) is 0 Å². The second-order valence-corrected chi connectivity index (χ2v) is 5.93.